The molecule has 4 aliphatic rings. The summed E-state index contributed by atoms with van der Waals surface area (Å²) in [5.74, 6) is -1.45. The van der Waals surface area contributed by atoms with E-state index in [1.807, 2.05) is 43.0 Å². The number of anilines is 2. The number of carboxylic acid groups (broad SMARTS) is 1. The number of benzene rings is 2. The van der Waals surface area contributed by atoms with Crippen LogP contribution in [0.4, 0.5) is 10.8 Å². The van der Waals surface area contributed by atoms with E-state index in [1.165, 1.54) is 13.6 Å². The van der Waals surface area contributed by atoms with E-state index < -0.39 is 37.2 Å². The number of carboxylic acids is 1. The van der Waals surface area contributed by atoms with Crippen LogP contribution < -0.4 is 10.6 Å². The van der Waals surface area contributed by atoms with Crippen LogP contribution >= 0.6 is 31.2 Å². The molecule has 42 heavy (non-hydrogen) atoms. The molecule has 7 rings (SSSR count). The van der Waals surface area contributed by atoms with Crippen LogP contribution in [0.5, 0.6) is 0 Å². The number of alkyl halides is 2. The summed E-state index contributed by atoms with van der Waals surface area (Å²) in [5.41, 5.74) is 2.69. The fourth-order valence-electron chi connectivity index (χ4n) is 5.71. The molecule has 3 N–H and O–H groups in total. The van der Waals surface area contributed by atoms with Crippen LogP contribution in [0.2, 0.25) is 0 Å². The number of amidine groups is 1. The minimum atomic E-state index is -1.28. The number of amides is 1. The Kier molecular flexibility index (Phi) is 6.88. The number of aliphatic carboxylic acids is 1. The summed E-state index contributed by atoms with van der Waals surface area (Å²) in [4.78, 5) is 41.2. The van der Waals surface area contributed by atoms with Gasteiger partial charge in [-0.25, -0.2) is 9.79 Å². The van der Waals surface area contributed by atoms with Crippen LogP contribution in [0.3, 0.4) is 0 Å². The van der Waals surface area contributed by atoms with Crippen molar-refractivity contribution < 1.29 is 14.7 Å². The van der Waals surface area contributed by atoms with Crippen molar-refractivity contribution >= 4 is 81.3 Å². The number of allylic oxidation sites excluding steroid dienone is 1. The van der Waals surface area contributed by atoms with Crippen molar-refractivity contribution in [2.24, 2.45) is 21.8 Å². The van der Waals surface area contributed by atoms with Crippen LogP contribution in [-0.4, -0.2) is 59.4 Å². The Balaban J connectivity index is 1.10. The van der Waals surface area contributed by atoms with Gasteiger partial charge in [0.15, 0.2) is 11.5 Å². The van der Waals surface area contributed by atoms with Crippen molar-refractivity contribution in [1.82, 2.24) is 15.2 Å². The van der Waals surface area contributed by atoms with E-state index in [0.29, 0.717) is 12.4 Å². The zero-order chi connectivity index (χ0) is 29.0. The maximum atomic E-state index is 13.4. The normalized spacial score (nSPS) is 26.7. The van der Waals surface area contributed by atoms with E-state index in [0.717, 1.165) is 40.4 Å². The van der Waals surface area contributed by atoms with Gasteiger partial charge in [-0.15, -0.1) is 0 Å². The van der Waals surface area contributed by atoms with Crippen LogP contribution in [0.15, 0.2) is 70.9 Å². The predicted molar refractivity (Wildman–Crippen MR) is 177 cm³/mol. The second-order valence-electron chi connectivity index (χ2n) is 11.0. The fraction of sp³-hybridized carbons (Fsp3) is 0.323. The van der Waals surface area contributed by atoms with Crippen LogP contribution in [-0.2, 0) is 9.59 Å². The molecule has 11 heteroatoms. The first kappa shape index (κ1) is 27.3. The molecule has 1 saturated heterocycles. The molecule has 3 aromatic rings. The van der Waals surface area contributed by atoms with E-state index in [9.17, 15) is 14.7 Å². The van der Waals surface area contributed by atoms with Gasteiger partial charge in [-0.2, -0.15) is 0 Å². The smallest absolute Gasteiger partial charge is 0.330 e. The van der Waals surface area contributed by atoms with Crippen molar-refractivity contribution in [1.29, 1.82) is 0 Å². The molecule has 2 unspecified atom stereocenters. The number of aliphatic imine (C=N–C) groups is 2. The molecule has 1 aliphatic carbocycles. The minimum Gasteiger partial charge on any atom is -0.479 e. The van der Waals surface area contributed by atoms with Gasteiger partial charge >= 0.3 is 146 Å². The second kappa shape index (κ2) is 10.6. The number of halogens is 1. The molecule has 9 nitrogen and oxygen atoms in total. The quantitative estimate of drug-likeness (QED) is 0.215. The first-order valence-corrected chi connectivity index (χ1v) is 19.0. The maximum absolute atomic E-state index is 13.4. The molecule has 2 aromatic carbocycles. The molecular formula is C31H31IN6O3S. The molecule has 1 amide bonds. The minimum absolute atomic E-state index is 0.124. The Morgan fingerprint density at radius 3 is 2.62 bits per heavy atom. The second-order valence-corrected chi connectivity index (χ2v) is 18.0. The Morgan fingerprint density at radius 2 is 1.90 bits per heavy atom. The molecule has 1 aromatic heterocycles. The van der Waals surface area contributed by atoms with Crippen molar-refractivity contribution in [2.75, 3.05) is 20.7 Å². The summed E-state index contributed by atoms with van der Waals surface area (Å²) in [5, 5.41) is 17.0. The van der Waals surface area contributed by atoms with E-state index in [4.69, 9.17) is 9.98 Å². The van der Waals surface area contributed by atoms with Crippen molar-refractivity contribution in [2.45, 2.75) is 32.2 Å². The van der Waals surface area contributed by atoms with Crippen molar-refractivity contribution in [3.8, 4) is 0 Å². The van der Waals surface area contributed by atoms with Crippen LogP contribution in [0.1, 0.15) is 32.3 Å². The van der Waals surface area contributed by atoms with Gasteiger partial charge < -0.3 is 10.4 Å². The number of hydrogen-bond acceptors (Lipinski definition) is 8. The van der Waals surface area contributed by atoms with Gasteiger partial charge in [-0.05, 0) is 24.7 Å². The Morgan fingerprint density at radius 1 is 1.12 bits per heavy atom. The number of aromatic nitrogens is 1. The molecule has 2 fully saturated rings. The molecule has 216 valence electrons. The number of carbonyl (C=O) groups excluding carboxylic acids is 1. The molecule has 2 atom stereocenters. The number of carbonyl (C=O) groups is 2. The molecule has 0 spiro atoms. The SMILES string of the molecule is CC1C(C)C1(NC(=O)C1=NC=CN2C1=NCCC/C=C/2c1ccc(Nc2nc3ccc(I4CC4)cc3s2)cc1)C(=O)O. The summed E-state index contributed by atoms with van der Waals surface area (Å²) >= 11 is 0.890. The van der Waals surface area contributed by atoms with E-state index >= 15 is 0 Å². The zero-order valence-electron chi connectivity index (χ0n) is 23.3. The molecule has 0 radical (unpaired) electrons. The Labute approximate surface area is 254 Å². The zero-order valence-corrected chi connectivity index (χ0v) is 26.3. The summed E-state index contributed by atoms with van der Waals surface area (Å²) in [6.45, 7) is 4.22. The molecule has 4 heterocycles. The fourth-order valence-corrected chi connectivity index (χ4v) is 11.1. The van der Waals surface area contributed by atoms with E-state index in [-0.39, 0.29) is 17.5 Å². The van der Waals surface area contributed by atoms with Gasteiger partial charge in [0.1, 0.15) is 5.54 Å². The number of nitrogens with zero attached hydrogens (tertiary/aromatic N) is 4. The first-order valence-electron chi connectivity index (χ1n) is 14.1. The molecule has 0 bridgehead atoms. The average molecular weight is 695 g/mol. The number of hydrogen-bond donors (Lipinski definition) is 3. The third-order valence-electron chi connectivity index (χ3n) is 8.52. The van der Waals surface area contributed by atoms with Crippen LogP contribution in [0, 0.1) is 15.4 Å². The van der Waals surface area contributed by atoms with E-state index in [2.05, 4.69) is 39.9 Å². The topological polar surface area (TPSA) is 119 Å². The number of rotatable bonds is 7. The number of nitrogens with one attached hydrogen (secondary N) is 2. The van der Waals surface area contributed by atoms with Gasteiger partial charge in [0.25, 0.3) is 5.91 Å². The summed E-state index contributed by atoms with van der Waals surface area (Å²) < 4.78 is 5.68. The molecule has 3 aliphatic heterocycles. The third-order valence-corrected chi connectivity index (χ3v) is 14.0. The standard InChI is InChI=1S/C31H31IN6O3S/c1-18-19(2)31(18,29(40)41)37-28(39)26-27-34-14-4-3-5-24(38(27)16-15-33-26)20-6-9-22(10-7-20)35-30-36-23-11-8-21(32-12-13-32)17-25(23)42-30/h5-11,15-19H,3-4,12-14H2,1-2H3,(H,35,36)(H,37,39)(H,40,41)/b24-5+,34-27?. The summed E-state index contributed by atoms with van der Waals surface area (Å²) in [6.07, 6.45) is 7.19. The molecular weight excluding hydrogens is 663 g/mol. The van der Waals surface area contributed by atoms with E-state index in [1.54, 1.807) is 27.3 Å². The third kappa shape index (κ3) is 4.81. The average Bonchev–Trinajstić information content (AvgIpc) is 3.86. The van der Waals surface area contributed by atoms with Gasteiger partial charge in [0, 0.05) is 18.9 Å². The van der Waals surface area contributed by atoms with Crippen molar-refractivity contribution in [3.05, 3.63) is 70.1 Å². The van der Waals surface area contributed by atoms with Gasteiger partial charge in [0.05, 0.1) is 0 Å². The largest absolute Gasteiger partial charge is 0.479 e. The van der Waals surface area contributed by atoms with Gasteiger partial charge in [0.2, 0.25) is 0 Å². The van der Waals surface area contributed by atoms with Gasteiger partial charge in [-0.1, -0.05) is 13.8 Å². The first-order chi connectivity index (χ1) is 20.3. The Bertz CT molecular complexity index is 1710. The summed E-state index contributed by atoms with van der Waals surface area (Å²) in [6, 6.07) is 14.9. The summed E-state index contributed by atoms with van der Waals surface area (Å²) in [7, 11) is 0. The predicted octanol–water partition coefficient (Wildman–Crippen LogP) is 5.72. The monoisotopic (exact) mass is 694 g/mol. The van der Waals surface area contributed by atoms with Gasteiger partial charge in [-0.3, -0.25) is 9.79 Å². The molecule has 1 saturated carbocycles. The Hall–Kier alpha value is -3.58. The number of thiazole rings is 1. The maximum Gasteiger partial charge on any atom is 0.330 e. The number of fused-ring (bicyclic) bond motifs is 2. The van der Waals surface area contributed by atoms with Crippen LogP contribution in [0.25, 0.3) is 15.9 Å². The van der Waals surface area contributed by atoms with Crippen molar-refractivity contribution in [3.63, 3.8) is 0 Å².